The molecule has 12 heteroatoms. The van der Waals surface area contributed by atoms with E-state index in [2.05, 4.69) is 6.58 Å². The molecule has 0 unspecified atom stereocenters. The smallest absolute Gasteiger partial charge is 0.330 e. The van der Waals surface area contributed by atoms with Gasteiger partial charge in [-0.2, -0.15) is 0 Å². The predicted octanol–water partition coefficient (Wildman–Crippen LogP) is -4.50. The van der Waals surface area contributed by atoms with Crippen LogP contribution in [0.3, 0.4) is 0 Å². The Labute approximate surface area is 153 Å². The van der Waals surface area contributed by atoms with Crippen molar-refractivity contribution in [3.05, 3.63) is 12.2 Å². The van der Waals surface area contributed by atoms with Gasteiger partial charge in [0.1, 0.15) is 0 Å². The lowest BCUT2D eigenvalue weighted by Gasteiger charge is -1.79. The zero-order valence-corrected chi connectivity index (χ0v) is 15.1. The first kappa shape index (κ1) is 39.8. The van der Waals surface area contributed by atoms with E-state index in [0.717, 1.165) is 0 Å². The number of carbonyl (C=O) groups is 1. The van der Waals surface area contributed by atoms with Crippen molar-refractivity contribution in [2.24, 2.45) is 0 Å². The Morgan fingerprint density at radius 2 is 0.615 bits per heavy atom. The summed E-state index contributed by atoms with van der Waals surface area (Å²) in [6.45, 7) is 3.35. The van der Waals surface area contributed by atoms with Crippen LogP contribution in [0.2, 0.25) is 0 Å². The molecule has 0 saturated heterocycles. The highest BCUT2D eigenvalue weighted by Crippen LogP contribution is 1.81. The maximum atomic E-state index is 9.60. The van der Waals surface area contributed by atoms with Gasteiger partial charge in [0.2, 0.25) is 0 Å². The average molecular weight is 396 g/mol. The minimum atomic E-state index is -0.935. The van der Waals surface area contributed by atoms with Crippen molar-refractivity contribution in [1.82, 2.24) is 0 Å². The topological polar surface area (TPSA) is 240 Å². The Hall–Kier alpha value is -1.19. The van der Waals surface area contributed by atoms with Crippen LogP contribution in [0.15, 0.2) is 12.2 Å². The van der Waals surface area contributed by atoms with E-state index in [9.17, 15) is 4.79 Å². The number of aliphatic hydroxyl groups is 10. The summed E-state index contributed by atoms with van der Waals surface area (Å²) in [5.41, 5.74) is 0.176. The van der Waals surface area contributed by atoms with Gasteiger partial charge in [-0.1, -0.05) is 6.58 Å². The summed E-state index contributed by atoms with van der Waals surface area (Å²) in [6.07, 6.45) is 0. The molecule has 0 heterocycles. The summed E-state index contributed by atoms with van der Waals surface area (Å²) in [6, 6.07) is 0. The van der Waals surface area contributed by atoms with Gasteiger partial charge in [0.15, 0.2) is 0 Å². The first-order chi connectivity index (χ1) is 12.2. The van der Waals surface area contributed by atoms with Crippen molar-refractivity contribution in [2.75, 3.05) is 66.1 Å². The van der Waals surface area contributed by atoms with Gasteiger partial charge in [0.25, 0.3) is 0 Å². The van der Waals surface area contributed by atoms with Crippen molar-refractivity contribution < 1.29 is 61.0 Å². The molecule has 26 heavy (non-hydrogen) atoms. The number of rotatable bonds is 6. The molecule has 0 aromatic carbocycles. The highest BCUT2D eigenvalue weighted by atomic mass is 16.4. The van der Waals surface area contributed by atoms with E-state index in [4.69, 9.17) is 56.2 Å². The number of carboxylic acids is 1. The van der Waals surface area contributed by atoms with Crippen molar-refractivity contribution in [3.63, 3.8) is 0 Å². The van der Waals surface area contributed by atoms with E-state index in [-0.39, 0.29) is 71.6 Å². The molecule has 0 rings (SSSR count). The zero-order chi connectivity index (χ0) is 22.2. The molecule has 0 aromatic rings. The Balaban J connectivity index is -0.0000000466. The molecule has 0 aliphatic rings. The van der Waals surface area contributed by atoms with Gasteiger partial charge in [-0.15, -0.1) is 0 Å². The quantitative estimate of drug-likeness (QED) is 0.190. The predicted molar refractivity (Wildman–Crippen MR) is 93.3 cm³/mol. The van der Waals surface area contributed by atoms with Crippen molar-refractivity contribution >= 4 is 5.97 Å². The Morgan fingerprint density at radius 3 is 0.615 bits per heavy atom. The molecule has 164 valence electrons. The van der Waals surface area contributed by atoms with E-state index in [1.165, 1.54) is 6.92 Å². The number of hydrogen-bond acceptors (Lipinski definition) is 11. The fourth-order valence-corrected chi connectivity index (χ4v) is 0. The molecule has 0 amide bonds. The summed E-state index contributed by atoms with van der Waals surface area (Å²) < 4.78 is 0. The Kier molecular flexibility index (Phi) is 86.4. The maximum absolute atomic E-state index is 9.60. The second-order valence-corrected chi connectivity index (χ2v) is 3.32. The van der Waals surface area contributed by atoms with Gasteiger partial charge in [-0.3, -0.25) is 0 Å². The van der Waals surface area contributed by atoms with Crippen LogP contribution in [0.1, 0.15) is 6.92 Å². The molecule has 0 fully saturated rings. The van der Waals surface area contributed by atoms with Crippen LogP contribution in [0.4, 0.5) is 0 Å². The summed E-state index contributed by atoms with van der Waals surface area (Å²) in [5.74, 6) is -0.935. The number of hydrogen-bond donors (Lipinski definition) is 11. The third kappa shape index (κ3) is 178. The average Bonchev–Trinajstić information content (AvgIpc) is 2.68. The molecule has 0 aliphatic heterocycles. The Morgan fingerprint density at radius 1 is 0.538 bits per heavy atom. The van der Waals surface area contributed by atoms with Gasteiger partial charge in [0, 0.05) is 5.57 Å². The van der Waals surface area contributed by atoms with E-state index in [0.29, 0.717) is 0 Å². The van der Waals surface area contributed by atoms with Crippen LogP contribution in [0.5, 0.6) is 0 Å². The molecule has 0 aromatic heterocycles. The zero-order valence-electron chi connectivity index (χ0n) is 15.1. The number of aliphatic carboxylic acids is 1. The molecule has 12 nitrogen and oxygen atoms in total. The third-order valence-corrected chi connectivity index (χ3v) is 0.865. The van der Waals surface area contributed by atoms with E-state index >= 15 is 0 Å². The number of carboxylic acid groups (broad SMARTS) is 1. The van der Waals surface area contributed by atoms with Gasteiger partial charge < -0.3 is 56.2 Å². The minimum absolute atomic E-state index is 0.125. The van der Waals surface area contributed by atoms with Crippen LogP contribution < -0.4 is 0 Å². The Bertz CT molecular complexity index is 169. The van der Waals surface area contributed by atoms with E-state index < -0.39 is 5.97 Å². The lowest BCUT2D eigenvalue weighted by molar-refractivity contribution is -0.132. The molecule has 0 bridgehead atoms. The van der Waals surface area contributed by atoms with E-state index in [1.807, 2.05) is 0 Å². The molecule has 0 atom stereocenters. The highest BCUT2D eigenvalue weighted by molar-refractivity contribution is 5.84. The van der Waals surface area contributed by atoms with Crippen LogP contribution in [-0.2, 0) is 4.79 Å². The third-order valence-electron chi connectivity index (χ3n) is 0.865. The highest BCUT2D eigenvalue weighted by Gasteiger charge is 1.90. The first-order valence-corrected chi connectivity index (χ1v) is 7.19. The minimum Gasteiger partial charge on any atom is -0.478 e. The summed E-state index contributed by atoms with van der Waals surface area (Å²) in [5, 5.41) is 84.1. The molecule has 0 saturated carbocycles. The lowest BCUT2D eigenvalue weighted by Crippen LogP contribution is -1.92. The standard InChI is InChI=1S/C4H6O2.5C2H6O2/c1-3(2)4(5)6;5*3-1-2-4/h1H2,2H3,(H,5,6);5*3-4H,1-2H2. The summed E-state index contributed by atoms with van der Waals surface area (Å²) >= 11 is 0. The van der Waals surface area contributed by atoms with Gasteiger partial charge in [-0.25, -0.2) is 4.79 Å². The van der Waals surface area contributed by atoms with Gasteiger partial charge in [-0.05, 0) is 6.92 Å². The number of aliphatic hydroxyl groups excluding tert-OH is 10. The van der Waals surface area contributed by atoms with Crippen molar-refractivity contribution in [1.29, 1.82) is 0 Å². The fourth-order valence-electron chi connectivity index (χ4n) is 0. The largest absolute Gasteiger partial charge is 0.478 e. The van der Waals surface area contributed by atoms with Gasteiger partial charge in [0.05, 0.1) is 66.1 Å². The molecule has 0 radical (unpaired) electrons. The fraction of sp³-hybridized carbons (Fsp3) is 0.786. The monoisotopic (exact) mass is 396 g/mol. The second kappa shape index (κ2) is 56.5. The molecule has 0 spiro atoms. The van der Waals surface area contributed by atoms with Gasteiger partial charge >= 0.3 is 5.97 Å². The van der Waals surface area contributed by atoms with Crippen molar-refractivity contribution in [2.45, 2.75) is 6.92 Å². The van der Waals surface area contributed by atoms with E-state index in [1.54, 1.807) is 0 Å². The van der Waals surface area contributed by atoms with Crippen LogP contribution in [0.25, 0.3) is 0 Å². The van der Waals surface area contributed by atoms with Crippen LogP contribution in [-0.4, -0.2) is 128 Å². The lowest BCUT2D eigenvalue weighted by atomic mass is 10.4. The SMILES string of the molecule is C=C(C)C(=O)O.OCCO.OCCO.OCCO.OCCO.OCCO. The summed E-state index contributed by atoms with van der Waals surface area (Å²) in [4.78, 5) is 9.60. The van der Waals surface area contributed by atoms with Crippen LogP contribution >= 0.6 is 0 Å². The van der Waals surface area contributed by atoms with Crippen LogP contribution in [0, 0.1) is 0 Å². The molecule has 11 N–H and O–H groups in total. The molecular formula is C14H36O12. The van der Waals surface area contributed by atoms with Crippen molar-refractivity contribution in [3.8, 4) is 0 Å². The normalized spacial score (nSPS) is 7.50. The summed E-state index contributed by atoms with van der Waals surface area (Å²) in [7, 11) is 0. The molecule has 0 aliphatic carbocycles. The maximum Gasteiger partial charge on any atom is 0.330 e. The first-order valence-electron chi connectivity index (χ1n) is 7.19. The molecular weight excluding hydrogens is 360 g/mol. The second-order valence-electron chi connectivity index (χ2n) is 3.32.